The van der Waals surface area contributed by atoms with Crippen LogP contribution in [0.4, 0.5) is 4.39 Å². The first-order chi connectivity index (χ1) is 8.63. The Morgan fingerprint density at radius 3 is 3.06 bits per heavy atom. The first-order valence-corrected chi connectivity index (χ1v) is 6.81. The zero-order chi connectivity index (χ0) is 13.1. The van der Waals surface area contributed by atoms with Crippen molar-refractivity contribution >= 4 is 28.5 Å². The zero-order valence-corrected chi connectivity index (χ0v) is 11.3. The molecular weight excluding hydrogens is 273 g/mol. The lowest BCUT2D eigenvalue weighted by Gasteiger charge is -2.25. The van der Waals surface area contributed by atoms with Gasteiger partial charge in [-0.3, -0.25) is 0 Å². The lowest BCUT2D eigenvalue weighted by Crippen LogP contribution is -2.27. The monoisotopic (exact) mass is 283 g/mol. The Morgan fingerprint density at radius 2 is 2.39 bits per heavy atom. The lowest BCUT2D eigenvalue weighted by molar-refractivity contribution is 0.369. The fourth-order valence-electron chi connectivity index (χ4n) is 1.86. The van der Waals surface area contributed by atoms with Gasteiger partial charge in [0.05, 0.1) is 11.1 Å². The van der Waals surface area contributed by atoms with Crippen LogP contribution >= 0.6 is 23.4 Å². The molecule has 0 aromatic heterocycles. The minimum atomic E-state index is -0.424. The van der Waals surface area contributed by atoms with Gasteiger partial charge >= 0.3 is 0 Å². The molecule has 1 aromatic carbocycles. The number of rotatable bonds is 2. The molecule has 0 aliphatic carbocycles. The van der Waals surface area contributed by atoms with Crippen molar-refractivity contribution < 1.29 is 4.39 Å². The molecular formula is C12H11ClFN3S. The smallest absolute Gasteiger partial charge is 0.208 e. The number of halogens is 2. The number of thioether (sulfide) groups is 1. The van der Waals surface area contributed by atoms with Gasteiger partial charge in [-0.15, -0.1) is 4.99 Å². The van der Waals surface area contributed by atoms with E-state index in [4.69, 9.17) is 16.9 Å². The summed E-state index contributed by atoms with van der Waals surface area (Å²) in [6.07, 6.45) is 1.80. The molecule has 0 bridgehead atoms. The summed E-state index contributed by atoms with van der Waals surface area (Å²) in [4.78, 5) is 5.78. The van der Waals surface area contributed by atoms with Crippen LogP contribution in [0.25, 0.3) is 0 Å². The summed E-state index contributed by atoms with van der Waals surface area (Å²) in [6.45, 7) is 2.76. The van der Waals surface area contributed by atoms with E-state index in [1.54, 1.807) is 18.3 Å². The molecule has 1 aliphatic rings. The second-order valence-electron chi connectivity index (χ2n) is 3.89. The van der Waals surface area contributed by atoms with Crippen LogP contribution in [0.5, 0.6) is 0 Å². The van der Waals surface area contributed by atoms with Gasteiger partial charge in [-0.25, -0.2) is 4.39 Å². The number of nitriles is 1. The van der Waals surface area contributed by atoms with Crippen molar-refractivity contribution in [3.05, 3.63) is 34.6 Å². The predicted octanol–water partition coefficient (Wildman–Crippen LogP) is 3.43. The van der Waals surface area contributed by atoms with E-state index in [0.29, 0.717) is 5.17 Å². The molecule has 1 aliphatic heterocycles. The van der Waals surface area contributed by atoms with Crippen molar-refractivity contribution in [3.63, 3.8) is 0 Å². The van der Waals surface area contributed by atoms with E-state index in [1.165, 1.54) is 17.8 Å². The Hall–Kier alpha value is -1.25. The third-order valence-electron chi connectivity index (χ3n) is 2.85. The molecule has 2 rings (SSSR count). The van der Waals surface area contributed by atoms with Gasteiger partial charge in [0.15, 0.2) is 5.17 Å². The Labute approximate surface area is 114 Å². The Morgan fingerprint density at radius 1 is 1.61 bits per heavy atom. The number of nitrogens with zero attached hydrogens (tertiary/aromatic N) is 3. The van der Waals surface area contributed by atoms with Crippen molar-refractivity contribution in [2.75, 3.05) is 12.3 Å². The van der Waals surface area contributed by atoms with E-state index in [0.717, 1.165) is 17.9 Å². The number of aliphatic imine (C=N–C) groups is 1. The summed E-state index contributed by atoms with van der Waals surface area (Å²) < 4.78 is 13.4. The summed E-state index contributed by atoms with van der Waals surface area (Å²) in [5.41, 5.74) is 0.824. The van der Waals surface area contributed by atoms with Gasteiger partial charge in [0, 0.05) is 12.3 Å². The number of benzene rings is 1. The van der Waals surface area contributed by atoms with Gasteiger partial charge in [-0.2, -0.15) is 5.26 Å². The lowest BCUT2D eigenvalue weighted by atomic mass is 10.1. The van der Waals surface area contributed by atoms with Gasteiger partial charge in [-0.05, 0) is 24.6 Å². The SMILES string of the molecule is CC(c1ccc(Cl)c(F)c1)N1CCSC1=NC#N. The minimum Gasteiger partial charge on any atom is -0.343 e. The van der Waals surface area contributed by atoms with E-state index in [9.17, 15) is 4.39 Å². The average molecular weight is 284 g/mol. The largest absolute Gasteiger partial charge is 0.343 e. The van der Waals surface area contributed by atoms with Crippen molar-refractivity contribution in [3.8, 4) is 6.19 Å². The summed E-state index contributed by atoms with van der Waals surface area (Å²) in [6, 6.07) is 4.75. The third-order valence-corrected chi connectivity index (χ3v) is 4.13. The predicted molar refractivity (Wildman–Crippen MR) is 72.0 cm³/mol. The maximum Gasteiger partial charge on any atom is 0.208 e. The molecule has 6 heteroatoms. The molecule has 1 heterocycles. The van der Waals surface area contributed by atoms with Gasteiger partial charge in [0.2, 0.25) is 6.19 Å². The van der Waals surface area contributed by atoms with E-state index in [1.807, 2.05) is 11.8 Å². The molecule has 1 unspecified atom stereocenters. The number of amidine groups is 1. The summed E-state index contributed by atoms with van der Waals surface area (Å²) in [7, 11) is 0. The highest BCUT2D eigenvalue weighted by atomic mass is 35.5. The molecule has 1 fully saturated rings. The van der Waals surface area contributed by atoms with Crippen LogP contribution in [0.15, 0.2) is 23.2 Å². The van der Waals surface area contributed by atoms with Crippen LogP contribution in [-0.2, 0) is 0 Å². The molecule has 0 saturated carbocycles. The van der Waals surface area contributed by atoms with Crippen molar-refractivity contribution in [1.82, 2.24) is 4.90 Å². The van der Waals surface area contributed by atoms with Crippen LogP contribution in [0.1, 0.15) is 18.5 Å². The molecule has 18 heavy (non-hydrogen) atoms. The first-order valence-electron chi connectivity index (χ1n) is 5.44. The highest BCUT2D eigenvalue weighted by Gasteiger charge is 2.25. The highest BCUT2D eigenvalue weighted by Crippen LogP contribution is 2.30. The highest BCUT2D eigenvalue weighted by molar-refractivity contribution is 8.14. The molecule has 0 radical (unpaired) electrons. The van der Waals surface area contributed by atoms with Gasteiger partial charge < -0.3 is 4.90 Å². The minimum absolute atomic E-state index is 0.0288. The maximum absolute atomic E-state index is 13.4. The summed E-state index contributed by atoms with van der Waals surface area (Å²) >= 11 is 7.20. The van der Waals surface area contributed by atoms with Crippen molar-refractivity contribution in [2.45, 2.75) is 13.0 Å². The standard InChI is InChI=1S/C12H11ClFN3S/c1-8(9-2-3-10(13)11(14)6-9)17-4-5-18-12(17)16-7-15/h2-3,6,8H,4-5H2,1H3. The molecule has 0 amide bonds. The van der Waals surface area contributed by atoms with Crippen LogP contribution in [0.3, 0.4) is 0 Å². The van der Waals surface area contributed by atoms with Crippen molar-refractivity contribution in [2.24, 2.45) is 4.99 Å². The van der Waals surface area contributed by atoms with Gasteiger partial charge in [0.1, 0.15) is 5.82 Å². The number of hydrogen-bond acceptors (Lipinski definition) is 3. The fraction of sp³-hybridized carbons (Fsp3) is 0.333. The Bertz CT molecular complexity index is 527. The molecule has 1 atom stereocenters. The molecule has 0 spiro atoms. The van der Waals surface area contributed by atoms with E-state index in [2.05, 4.69) is 4.99 Å². The molecule has 3 nitrogen and oxygen atoms in total. The second-order valence-corrected chi connectivity index (χ2v) is 5.36. The molecule has 1 saturated heterocycles. The Kier molecular flexibility index (Phi) is 4.10. The van der Waals surface area contributed by atoms with Crippen LogP contribution < -0.4 is 0 Å². The van der Waals surface area contributed by atoms with Crippen LogP contribution in [-0.4, -0.2) is 22.4 Å². The Balaban J connectivity index is 2.25. The molecule has 0 N–H and O–H groups in total. The van der Waals surface area contributed by atoms with Crippen LogP contribution in [0, 0.1) is 17.3 Å². The normalized spacial score (nSPS) is 19.0. The quantitative estimate of drug-likeness (QED) is 0.781. The van der Waals surface area contributed by atoms with E-state index in [-0.39, 0.29) is 11.1 Å². The zero-order valence-electron chi connectivity index (χ0n) is 9.73. The summed E-state index contributed by atoms with van der Waals surface area (Å²) in [5, 5.41) is 9.44. The summed E-state index contributed by atoms with van der Waals surface area (Å²) in [5.74, 6) is 0.465. The molecule has 94 valence electrons. The number of hydrogen-bond donors (Lipinski definition) is 0. The van der Waals surface area contributed by atoms with Crippen molar-refractivity contribution in [1.29, 1.82) is 5.26 Å². The first kappa shape index (κ1) is 13.2. The van der Waals surface area contributed by atoms with Gasteiger partial charge in [0.25, 0.3) is 0 Å². The van der Waals surface area contributed by atoms with Gasteiger partial charge in [-0.1, -0.05) is 29.4 Å². The second kappa shape index (κ2) is 5.59. The maximum atomic E-state index is 13.4. The topological polar surface area (TPSA) is 39.4 Å². The average Bonchev–Trinajstić information content (AvgIpc) is 2.80. The fourth-order valence-corrected chi connectivity index (χ4v) is 2.97. The van der Waals surface area contributed by atoms with E-state index >= 15 is 0 Å². The third kappa shape index (κ3) is 2.60. The van der Waals surface area contributed by atoms with E-state index < -0.39 is 5.82 Å². The molecule has 1 aromatic rings. The van der Waals surface area contributed by atoms with Crippen LogP contribution in [0.2, 0.25) is 5.02 Å².